The molecule has 2 aromatic carbocycles. The lowest BCUT2D eigenvalue weighted by atomic mass is 9.70. The number of hydrogen-bond acceptors (Lipinski definition) is 1. The molecule has 29 heavy (non-hydrogen) atoms. The van der Waals surface area contributed by atoms with E-state index >= 15 is 0 Å². The van der Waals surface area contributed by atoms with Crippen LogP contribution < -0.4 is 5.32 Å². The molecule has 0 bridgehead atoms. The summed E-state index contributed by atoms with van der Waals surface area (Å²) < 4.78 is 13.7. The molecular weight excluding hydrogens is 361 g/mol. The third-order valence-corrected chi connectivity index (χ3v) is 6.32. The van der Waals surface area contributed by atoms with E-state index in [-0.39, 0.29) is 11.7 Å². The highest BCUT2D eigenvalue weighted by Crippen LogP contribution is 2.47. The zero-order valence-corrected chi connectivity index (χ0v) is 16.8. The van der Waals surface area contributed by atoms with Gasteiger partial charge in [0, 0.05) is 17.7 Å². The summed E-state index contributed by atoms with van der Waals surface area (Å²) in [7, 11) is 0. The Labute approximate surface area is 172 Å². The van der Waals surface area contributed by atoms with Gasteiger partial charge >= 0.3 is 0 Å². The zero-order chi connectivity index (χ0) is 20.1. The van der Waals surface area contributed by atoms with Gasteiger partial charge in [-0.3, -0.25) is 4.79 Å². The third-order valence-electron chi connectivity index (χ3n) is 6.32. The summed E-state index contributed by atoms with van der Waals surface area (Å²) in [6, 6.07) is 13.7. The molecule has 2 aromatic rings. The van der Waals surface area contributed by atoms with E-state index in [0.717, 1.165) is 18.0 Å². The molecule has 1 N–H and O–H groups in total. The molecule has 0 spiro atoms. The number of halogens is 1. The normalized spacial score (nSPS) is 17.8. The maximum absolute atomic E-state index is 13.7. The molecule has 0 aliphatic heterocycles. The minimum atomic E-state index is -0.321. The lowest BCUT2D eigenvalue weighted by molar-refractivity contribution is 0.0894. The van der Waals surface area contributed by atoms with E-state index in [4.69, 9.17) is 0 Å². The Hall–Kier alpha value is -2.60. The predicted molar refractivity (Wildman–Crippen MR) is 114 cm³/mol. The Morgan fingerprint density at radius 3 is 2.41 bits per heavy atom. The molecule has 2 nitrogen and oxygen atoms in total. The van der Waals surface area contributed by atoms with Crippen LogP contribution in [0.4, 0.5) is 4.39 Å². The predicted octanol–water partition coefficient (Wildman–Crippen LogP) is 5.71. The number of nitrogens with one attached hydrogen (secondary N) is 1. The molecule has 0 heterocycles. The molecule has 0 atom stereocenters. The smallest absolute Gasteiger partial charge is 0.251 e. The second-order valence-electron chi connectivity index (χ2n) is 8.70. The number of amides is 1. The van der Waals surface area contributed by atoms with Gasteiger partial charge in [0.15, 0.2) is 0 Å². The van der Waals surface area contributed by atoms with Crippen molar-refractivity contribution in [2.45, 2.75) is 51.4 Å². The molecule has 3 heteroatoms. The lowest BCUT2D eigenvalue weighted by Gasteiger charge is -2.38. The van der Waals surface area contributed by atoms with E-state index in [1.807, 2.05) is 12.1 Å². The van der Waals surface area contributed by atoms with Crippen molar-refractivity contribution in [1.82, 2.24) is 5.32 Å². The van der Waals surface area contributed by atoms with Crippen LogP contribution in [0, 0.1) is 29.0 Å². The third kappa shape index (κ3) is 5.26. The average molecular weight is 390 g/mol. The Balaban J connectivity index is 1.37. The molecule has 0 radical (unpaired) electrons. The van der Waals surface area contributed by atoms with E-state index < -0.39 is 0 Å². The monoisotopic (exact) mass is 389 g/mol. The molecular formula is C26H28FNO. The van der Waals surface area contributed by atoms with Gasteiger partial charge in [-0.15, -0.1) is 0 Å². The van der Waals surface area contributed by atoms with Crippen molar-refractivity contribution >= 4 is 5.91 Å². The quantitative estimate of drug-likeness (QED) is 0.653. The first-order valence-electron chi connectivity index (χ1n) is 10.8. The first-order chi connectivity index (χ1) is 14.1. The zero-order valence-electron chi connectivity index (χ0n) is 16.8. The van der Waals surface area contributed by atoms with Crippen molar-refractivity contribution < 1.29 is 9.18 Å². The Morgan fingerprint density at radius 1 is 1.00 bits per heavy atom. The minimum absolute atomic E-state index is 0.0145. The van der Waals surface area contributed by atoms with Crippen LogP contribution in [0.15, 0.2) is 48.5 Å². The van der Waals surface area contributed by atoms with Crippen molar-refractivity contribution in [2.24, 2.45) is 11.3 Å². The van der Waals surface area contributed by atoms with Gasteiger partial charge in [-0.25, -0.2) is 4.39 Å². The fourth-order valence-corrected chi connectivity index (χ4v) is 4.47. The number of rotatable bonds is 5. The molecule has 2 aliphatic carbocycles. The summed E-state index contributed by atoms with van der Waals surface area (Å²) in [5.74, 6) is 6.37. The highest BCUT2D eigenvalue weighted by Gasteiger charge is 2.38. The van der Waals surface area contributed by atoms with Crippen LogP contribution in [0.3, 0.4) is 0 Å². The average Bonchev–Trinajstić information content (AvgIpc) is 3.56. The van der Waals surface area contributed by atoms with Crippen LogP contribution in [0.2, 0.25) is 0 Å². The van der Waals surface area contributed by atoms with Gasteiger partial charge in [0.2, 0.25) is 0 Å². The van der Waals surface area contributed by atoms with E-state index in [2.05, 4.69) is 17.2 Å². The second-order valence-corrected chi connectivity index (χ2v) is 8.70. The van der Waals surface area contributed by atoms with Gasteiger partial charge in [0.25, 0.3) is 5.91 Å². The largest absolute Gasteiger partial charge is 0.351 e. The molecule has 2 saturated carbocycles. The van der Waals surface area contributed by atoms with Gasteiger partial charge < -0.3 is 5.32 Å². The lowest BCUT2D eigenvalue weighted by Crippen LogP contribution is -2.39. The number of carbonyl (C=O) groups excluding carboxylic acids is 1. The van der Waals surface area contributed by atoms with Crippen molar-refractivity contribution in [1.29, 1.82) is 0 Å². The maximum atomic E-state index is 13.7. The Morgan fingerprint density at radius 2 is 1.72 bits per heavy atom. The van der Waals surface area contributed by atoms with Crippen LogP contribution >= 0.6 is 0 Å². The van der Waals surface area contributed by atoms with Crippen LogP contribution in [0.1, 0.15) is 72.9 Å². The summed E-state index contributed by atoms with van der Waals surface area (Å²) >= 11 is 0. The molecule has 4 rings (SSSR count). The fourth-order valence-electron chi connectivity index (χ4n) is 4.47. The minimum Gasteiger partial charge on any atom is -0.351 e. The fraction of sp³-hybridized carbons (Fsp3) is 0.423. The van der Waals surface area contributed by atoms with E-state index in [0.29, 0.717) is 16.5 Å². The van der Waals surface area contributed by atoms with Crippen molar-refractivity contribution in [3.05, 3.63) is 71.0 Å². The number of benzene rings is 2. The molecule has 0 aromatic heterocycles. The van der Waals surface area contributed by atoms with Gasteiger partial charge in [-0.2, -0.15) is 0 Å². The van der Waals surface area contributed by atoms with Crippen LogP contribution in [-0.2, 0) is 0 Å². The summed E-state index contributed by atoms with van der Waals surface area (Å²) in [6.07, 6.45) is 10.4. The Kier molecular flexibility index (Phi) is 6.00. The number of carbonyl (C=O) groups is 1. The van der Waals surface area contributed by atoms with Crippen molar-refractivity contribution in [3.8, 4) is 11.8 Å². The SMILES string of the molecule is O=C(NCC1(CC2CC2)CCCCC1)c1ccc(C#Cc2ccccc2F)cc1. The molecule has 150 valence electrons. The summed E-state index contributed by atoms with van der Waals surface area (Å²) in [5, 5.41) is 3.20. The van der Waals surface area contributed by atoms with Crippen LogP contribution in [0.25, 0.3) is 0 Å². The highest BCUT2D eigenvalue weighted by atomic mass is 19.1. The summed E-state index contributed by atoms with van der Waals surface area (Å²) in [6.45, 7) is 0.789. The summed E-state index contributed by atoms with van der Waals surface area (Å²) in [5.41, 5.74) is 2.10. The van der Waals surface area contributed by atoms with E-state index in [1.54, 1.807) is 30.3 Å². The van der Waals surface area contributed by atoms with Crippen LogP contribution in [0.5, 0.6) is 0 Å². The van der Waals surface area contributed by atoms with Gasteiger partial charge in [-0.1, -0.05) is 56.1 Å². The Bertz CT molecular complexity index is 912. The molecule has 2 fully saturated rings. The molecule has 0 saturated heterocycles. The van der Waals surface area contributed by atoms with E-state index in [9.17, 15) is 9.18 Å². The highest BCUT2D eigenvalue weighted by molar-refractivity contribution is 5.94. The first kappa shape index (κ1) is 19.7. The second kappa shape index (κ2) is 8.82. The standard InChI is InChI=1S/C26H28FNO/c27-24-7-3-2-6-22(24)13-10-20-11-14-23(15-12-20)25(29)28-19-26(18-21-8-9-21)16-4-1-5-17-26/h2-3,6-7,11-12,14-15,21H,1,4-5,8-9,16-19H2,(H,28,29). The topological polar surface area (TPSA) is 29.1 Å². The van der Waals surface area contributed by atoms with Crippen molar-refractivity contribution in [3.63, 3.8) is 0 Å². The number of hydrogen-bond donors (Lipinski definition) is 1. The summed E-state index contributed by atoms with van der Waals surface area (Å²) in [4.78, 5) is 12.7. The van der Waals surface area contributed by atoms with Gasteiger partial charge in [0.1, 0.15) is 5.82 Å². The van der Waals surface area contributed by atoms with E-state index in [1.165, 1.54) is 57.4 Å². The maximum Gasteiger partial charge on any atom is 0.251 e. The molecule has 2 aliphatic rings. The molecule has 0 unspecified atom stereocenters. The first-order valence-corrected chi connectivity index (χ1v) is 10.8. The van der Waals surface area contributed by atoms with Crippen molar-refractivity contribution in [2.75, 3.05) is 6.54 Å². The van der Waals surface area contributed by atoms with Gasteiger partial charge in [0.05, 0.1) is 5.56 Å². The van der Waals surface area contributed by atoms with Gasteiger partial charge in [-0.05, 0) is 67.0 Å². The molecule has 1 amide bonds. The van der Waals surface area contributed by atoms with Crippen LogP contribution in [-0.4, -0.2) is 12.5 Å².